The number of benzene rings is 2. The predicted octanol–water partition coefficient (Wildman–Crippen LogP) is 4.71. The molecule has 1 amide bonds. The molecule has 1 aliphatic carbocycles. The number of anilines is 1. The molecule has 5 nitrogen and oxygen atoms in total. The van der Waals surface area contributed by atoms with Gasteiger partial charge in [0.2, 0.25) is 0 Å². The van der Waals surface area contributed by atoms with Crippen LogP contribution in [0.25, 0.3) is 0 Å². The Morgan fingerprint density at radius 3 is 2.67 bits per heavy atom. The molecular formula is C24H23ClN4O. The highest BCUT2D eigenvalue weighted by Crippen LogP contribution is 2.32. The van der Waals surface area contributed by atoms with Crippen molar-refractivity contribution in [2.45, 2.75) is 44.2 Å². The molecule has 5 rings (SSSR count). The first-order valence-electron chi connectivity index (χ1n) is 10.5. The van der Waals surface area contributed by atoms with Crippen LogP contribution in [0.4, 0.5) is 5.69 Å². The first kappa shape index (κ1) is 19.2. The van der Waals surface area contributed by atoms with Crippen LogP contribution in [0, 0.1) is 0 Å². The molecular weight excluding hydrogens is 396 g/mol. The Balaban J connectivity index is 1.51. The lowest BCUT2D eigenvalue weighted by Crippen LogP contribution is -2.37. The predicted molar refractivity (Wildman–Crippen MR) is 122 cm³/mol. The number of rotatable bonds is 3. The van der Waals surface area contributed by atoms with Gasteiger partial charge in [-0.1, -0.05) is 61.2 Å². The lowest BCUT2D eigenvalue weighted by atomic mass is 9.96. The number of amidine groups is 1. The summed E-state index contributed by atoms with van der Waals surface area (Å²) in [6.45, 7) is 0.343. The zero-order valence-corrected chi connectivity index (χ0v) is 17.4. The van der Waals surface area contributed by atoms with Crippen LogP contribution in [0.2, 0.25) is 5.02 Å². The fourth-order valence-corrected chi connectivity index (χ4v) is 4.58. The lowest BCUT2D eigenvalue weighted by molar-refractivity contribution is -0.116. The van der Waals surface area contributed by atoms with Crippen LogP contribution in [-0.2, 0) is 4.79 Å². The van der Waals surface area contributed by atoms with E-state index in [1.807, 2.05) is 48.5 Å². The van der Waals surface area contributed by atoms with Gasteiger partial charge in [0.15, 0.2) is 6.04 Å². The molecule has 3 aliphatic rings. The van der Waals surface area contributed by atoms with Gasteiger partial charge in [-0.25, -0.2) is 0 Å². The van der Waals surface area contributed by atoms with Crippen LogP contribution >= 0.6 is 11.6 Å². The van der Waals surface area contributed by atoms with Gasteiger partial charge in [0.25, 0.3) is 5.91 Å². The molecule has 2 heterocycles. The van der Waals surface area contributed by atoms with Crippen molar-refractivity contribution in [2.75, 3.05) is 11.4 Å². The number of carbonyl (C=O) groups excluding carboxylic acids is 1. The Hall–Kier alpha value is -2.79. The number of fused-ring (bicyclic) bond motifs is 3. The molecule has 2 aromatic rings. The van der Waals surface area contributed by atoms with E-state index < -0.39 is 6.04 Å². The van der Waals surface area contributed by atoms with E-state index in [0.29, 0.717) is 23.4 Å². The summed E-state index contributed by atoms with van der Waals surface area (Å²) in [5.41, 5.74) is 3.44. The molecule has 0 aromatic heterocycles. The number of hydrogen-bond acceptors (Lipinski definition) is 4. The molecule has 0 radical (unpaired) electrons. The van der Waals surface area contributed by atoms with Crippen LogP contribution < -0.4 is 4.90 Å². The monoisotopic (exact) mass is 418 g/mol. The Morgan fingerprint density at radius 2 is 1.87 bits per heavy atom. The van der Waals surface area contributed by atoms with Gasteiger partial charge in [-0.05, 0) is 31.0 Å². The number of aliphatic imine (C=N–C) groups is 3. The number of halogens is 1. The first-order chi connectivity index (χ1) is 14.7. The molecule has 0 N–H and O–H groups in total. The van der Waals surface area contributed by atoms with Crippen molar-refractivity contribution in [2.24, 2.45) is 15.0 Å². The maximum atomic E-state index is 13.3. The minimum Gasteiger partial charge on any atom is -0.291 e. The summed E-state index contributed by atoms with van der Waals surface area (Å²) in [6, 6.07) is 15.3. The second kappa shape index (κ2) is 8.15. The molecule has 1 fully saturated rings. The van der Waals surface area contributed by atoms with Crippen LogP contribution in [0.15, 0.2) is 63.5 Å². The molecule has 1 unspecified atom stereocenters. The van der Waals surface area contributed by atoms with E-state index in [0.717, 1.165) is 35.4 Å². The smallest absolute Gasteiger partial charge is 0.262 e. The minimum absolute atomic E-state index is 0.0716. The maximum absolute atomic E-state index is 13.3. The van der Waals surface area contributed by atoms with Crippen LogP contribution in [0.1, 0.15) is 43.2 Å². The summed E-state index contributed by atoms with van der Waals surface area (Å²) in [7, 11) is 0. The van der Waals surface area contributed by atoms with Gasteiger partial charge in [-0.15, -0.1) is 0 Å². The Labute approximate surface area is 181 Å². The fourth-order valence-electron chi connectivity index (χ4n) is 4.40. The number of amides is 1. The largest absolute Gasteiger partial charge is 0.291 e. The highest BCUT2D eigenvalue weighted by atomic mass is 35.5. The van der Waals surface area contributed by atoms with Gasteiger partial charge >= 0.3 is 0 Å². The molecule has 0 saturated heterocycles. The van der Waals surface area contributed by atoms with Crippen molar-refractivity contribution in [1.82, 2.24) is 0 Å². The third kappa shape index (κ3) is 3.58. The Kier molecular flexibility index (Phi) is 5.21. The normalized spacial score (nSPS) is 21.8. The average Bonchev–Trinajstić information content (AvgIpc) is 3.00. The molecule has 0 spiro atoms. The molecule has 152 valence electrons. The van der Waals surface area contributed by atoms with Crippen molar-refractivity contribution >= 4 is 41.0 Å². The van der Waals surface area contributed by atoms with Crippen molar-refractivity contribution in [3.63, 3.8) is 0 Å². The number of hydrogen-bond donors (Lipinski definition) is 0. The second-order valence-electron chi connectivity index (χ2n) is 7.95. The van der Waals surface area contributed by atoms with E-state index >= 15 is 0 Å². The van der Waals surface area contributed by atoms with E-state index in [-0.39, 0.29) is 5.91 Å². The molecule has 2 aliphatic heterocycles. The van der Waals surface area contributed by atoms with Gasteiger partial charge in [-0.2, -0.15) is 0 Å². The summed E-state index contributed by atoms with van der Waals surface area (Å²) in [6.07, 6.45) is 7.66. The molecule has 1 saturated carbocycles. The van der Waals surface area contributed by atoms with Crippen LogP contribution in [0.3, 0.4) is 0 Å². The molecule has 1 atom stereocenters. The SMILES string of the molecule is O=C1C(C=NC2CCCCC2)N=C2CN=C(c3ccccc3)c3cc(Cl)ccc3N12. The highest BCUT2D eigenvalue weighted by Gasteiger charge is 2.37. The third-order valence-electron chi connectivity index (χ3n) is 5.91. The van der Waals surface area contributed by atoms with E-state index in [1.165, 1.54) is 19.3 Å². The van der Waals surface area contributed by atoms with Gasteiger partial charge in [0, 0.05) is 28.4 Å². The van der Waals surface area contributed by atoms with Crippen molar-refractivity contribution in [3.05, 3.63) is 64.7 Å². The van der Waals surface area contributed by atoms with Crippen molar-refractivity contribution < 1.29 is 4.79 Å². The minimum atomic E-state index is -0.570. The van der Waals surface area contributed by atoms with Crippen LogP contribution in [0.5, 0.6) is 0 Å². The summed E-state index contributed by atoms with van der Waals surface area (Å²) < 4.78 is 0. The molecule has 2 aromatic carbocycles. The topological polar surface area (TPSA) is 57.4 Å². The zero-order chi connectivity index (χ0) is 20.5. The lowest BCUT2D eigenvalue weighted by Gasteiger charge is -2.20. The Bertz CT molecular complexity index is 1050. The summed E-state index contributed by atoms with van der Waals surface area (Å²) >= 11 is 6.32. The average molecular weight is 419 g/mol. The molecule has 30 heavy (non-hydrogen) atoms. The fraction of sp³-hybridized carbons (Fsp3) is 0.333. The summed E-state index contributed by atoms with van der Waals surface area (Å²) in [4.78, 5) is 29.2. The summed E-state index contributed by atoms with van der Waals surface area (Å²) in [5, 5.41) is 0.611. The number of carbonyl (C=O) groups is 1. The van der Waals surface area contributed by atoms with Crippen LogP contribution in [-0.4, -0.2) is 42.3 Å². The standard InChI is InChI=1S/C24H23ClN4O/c25-17-11-12-21-19(13-17)23(16-7-3-1-4-8-16)27-15-22-28-20(24(30)29(21)22)14-26-18-9-5-2-6-10-18/h1,3-4,7-8,11-14,18,20H,2,5-6,9-10,15H2. The maximum Gasteiger partial charge on any atom is 0.262 e. The van der Waals surface area contributed by atoms with Gasteiger partial charge in [0.05, 0.1) is 17.9 Å². The van der Waals surface area contributed by atoms with Crippen molar-refractivity contribution in [3.8, 4) is 0 Å². The Morgan fingerprint density at radius 1 is 1.07 bits per heavy atom. The van der Waals surface area contributed by atoms with E-state index in [4.69, 9.17) is 21.6 Å². The van der Waals surface area contributed by atoms with Crippen molar-refractivity contribution in [1.29, 1.82) is 0 Å². The third-order valence-corrected chi connectivity index (χ3v) is 6.15. The highest BCUT2D eigenvalue weighted by molar-refractivity contribution is 6.34. The molecule has 6 heteroatoms. The van der Waals surface area contributed by atoms with E-state index in [9.17, 15) is 4.79 Å². The van der Waals surface area contributed by atoms with Gasteiger partial charge in [0.1, 0.15) is 5.84 Å². The summed E-state index contributed by atoms with van der Waals surface area (Å²) in [5.74, 6) is 0.590. The van der Waals surface area contributed by atoms with E-state index in [1.54, 1.807) is 11.1 Å². The number of nitrogens with zero attached hydrogens (tertiary/aromatic N) is 4. The van der Waals surface area contributed by atoms with E-state index in [2.05, 4.69) is 4.99 Å². The van der Waals surface area contributed by atoms with Gasteiger partial charge in [-0.3, -0.25) is 24.7 Å². The molecule has 0 bridgehead atoms. The van der Waals surface area contributed by atoms with Gasteiger partial charge < -0.3 is 0 Å². The zero-order valence-electron chi connectivity index (χ0n) is 16.7. The first-order valence-corrected chi connectivity index (χ1v) is 10.9. The quantitative estimate of drug-likeness (QED) is 0.666. The second-order valence-corrected chi connectivity index (χ2v) is 8.38.